The molecule has 1 amide bonds. The summed E-state index contributed by atoms with van der Waals surface area (Å²) in [6.07, 6.45) is -3.84. The van der Waals surface area contributed by atoms with Gasteiger partial charge in [0.15, 0.2) is 0 Å². The lowest BCUT2D eigenvalue weighted by atomic mass is 10.1. The van der Waals surface area contributed by atoms with Gasteiger partial charge in [0, 0.05) is 19.1 Å². The number of nitrogens with zero attached hydrogens (tertiary/aromatic N) is 1. The number of hydrogen-bond acceptors (Lipinski definition) is 3. The zero-order chi connectivity index (χ0) is 15.6. The van der Waals surface area contributed by atoms with Gasteiger partial charge in [-0.2, -0.15) is 8.78 Å². The number of rotatable bonds is 5. The highest BCUT2D eigenvalue weighted by Gasteiger charge is 2.49. The monoisotopic (exact) mass is 320 g/mol. The minimum atomic E-state index is -4.73. The van der Waals surface area contributed by atoms with Crippen LogP contribution < -0.4 is 5.32 Å². The van der Waals surface area contributed by atoms with Crippen molar-refractivity contribution in [3.05, 3.63) is 0 Å². The van der Waals surface area contributed by atoms with Crippen molar-refractivity contribution in [1.29, 1.82) is 0 Å². The number of carbonyl (C=O) groups is 1. The Morgan fingerprint density at radius 3 is 2.25 bits per heavy atom. The quantitative estimate of drug-likeness (QED) is 0.763. The molecule has 0 aliphatic carbocycles. The van der Waals surface area contributed by atoms with E-state index >= 15 is 0 Å². The summed E-state index contributed by atoms with van der Waals surface area (Å²) in [6.45, 7) is 1.62. The van der Waals surface area contributed by atoms with Gasteiger partial charge in [0.25, 0.3) is 5.91 Å². The van der Waals surface area contributed by atoms with E-state index in [-0.39, 0.29) is 31.7 Å². The van der Waals surface area contributed by atoms with Crippen molar-refractivity contribution < 1.29 is 30.8 Å². The van der Waals surface area contributed by atoms with Gasteiger partial charge in [0.05, 0.1) is 5.75 Å². The number of nitrogens with one attached hydrogen (secondary N) is 1. The maximum absolute atomic E-state index is 12.7. The van der Waals surface area contributed by atoms with E-state index in [0.717, 1.165) is 0 Å². The minimum absolute atomic E-state index is 0.0708. The van der Waals surface area contributed by atoms with Crippen LogP contribution in [0.1, 0.15) is 19.8 Å². The molecule has 0 atom stereocenters. The van der Waals surface area contributed by atoms with Crippen molar-refractivity contribution in [2.45, 2.75) is 38.2 Å². The van der Waals surface area contributed by atoms with Crippen LogP contribution in [0.2, 0.25) is 0 Å². The van der Waals surface area contributed by atoms with Crippen LogP contribution in [-0.4, -0.2) is 55.9 Å². The van der Waals surface area contributed by atoms with E-state index in [1.54, 1.807) is 0 Å². The number of amides is 1. The van der Waals surface area contributed by atoms with Crippen LogP contribution in [0.5, 0.6) is 0 Å². The average molecular weight is 320 g/mol. The maximum Gasteiger partial charge on any atom is 0.383 e. The van der Waals surface area contributed by atoms with Gasteiger partial charge in [-0.05, 0) is 19.8 Å². The molecule has 0 unspecified atom stereocenters. The van der Waals surface area contributed by atoms with Crippen LogP contribution in [0.3, 0.4) is 0 Å². The number of alkyl halides is 4. The summed E-state index contributed by atoms with van der Waals surface area (Å²) in [4.78, 5) is 11.0. The first-order chi connectivity index (χ1) is 9.11. The van der Waals surface area contributed by atoms with Gasteiger partial charge in [0.1, 0.15) is 0 Å². The third kappa shape index (κ3) is 3.81. The highest BCUT2D eigenvalue weighted by atomic mass is 32.2. The second-order valence-electron chi connectivity index (χ2n) is 4.47. The van der Waals surface area contributed by atoms with Crippen LogP contribution in [0, 0.1) is 0 Å². The van der Waals surface area contributed by atoms with Crippen LogP contribution in [0.4, 0.5) is 17.6 Å². The summed E-state index contributed by atoms with van der Waals surface area (Å²) in [6, 6.07) is -0.726. The molecule has 0 bridgehead atoms. The summed E-state index contributed by atoms with van der Waals surface area (Å²) in [5.41, 5.74) is 0. The third-order valence-electron chi connectivity index (χ3n) is 3.12. The normalized spacial score (nSPS) is 19.3. The molecule has 5 nitrogen and oxygen atoms in total. The lowest BCUT2D eigenvalue weighted by molar-refractivity contribution is -0.170. The van der Waals surface area contributed by atoms with Crippen molar-refractivity contribution in [1.82, 2.24) is 9.62 Å². The first-order valence-corrected chi connectivity index (χ1v) is 7.67. The van der Waals surface area contributed by atoms with Crippen LogP contribution in [0.15, 0.2) is 0 Å². The standard InChI is InChI=1S/C10H16F4N2O3S/c1-2-20(18,19)16-5-3-7(4-6-16)15-9(17)10(13,14)8(11)12/h7-8H,2-6H2,1H3,(H,15,17). The zero-order valence-electron chi connectivity index (χ0n) is 10.8. The van der Waals surface area contributed by atoms with Gasteiger partial charge >= 0.3 is 12.3 Å². The Morgan fingerprint density at radius 2 is 1.85 bits per heavy atom. The van der Waals surface area contributed by atoms with Gasteiger partial charge in [-0.1, -0.05) is 0 Å². The second kappa shape index (κ2) is 6.25. The maximum atomic E-state index is 12.7. The second-order valence-corrected chi connectivity index (χ2v) is 6.73. The molecule has 1 heterocycles. The smallest absolute Gasteiger partial charge is 0.348 e. The Kier molecular flexibility index (Phi) is 5.36. The summed E-state index contributed by atoms with van der Waals surface area (Å²) < 4.78 is 73.8. The molecule has 0 aromatic heterocycles. The minimum Gasteiger partial charge on any atom is -0.348 e. The van der Waals surface area contributed by atoms with Gasteiger partial charge < -0.3 is 5.32 Å². The van der Waals surface area contributed by atoms with E-state index in [0.29, 0.717) is 0 Å². The molecule has 0 aromatic rings. The Balaban J connectivity index is 2.54. The molecular formula is C10H16F4N2O3S. The molecule has 1 N–H and O–H groups in total. The van der Waals surface area contributed by atoms with E-state index in [9.17, 15) is 30.8 Å². The van der Waals surface area contributed by atoms with Crippen molar-refractivity contribution in [3.63, 3.8) is 0 Å². The summed E-state index contributed by atoms with van der Waals surface area (Å²) in [7, 11) is -3.36. The van der Waals surface area contributed by atoms with Gasteiger partial charge in [0.2, 0.25) is 10.0 Å². The topological polar surface area (TPSA) is 66.5 Å². The molecule has 0 radical (unpaired) electrons. The Labute approximate surface area is 114 Å². The van der Waals surface area contributed by atoms with Gasteiger partial charge in [-0.15, -0.1) is 0 Å². The molecule has 1 aliphatic rings. The molecule has 0 saturated carbocycles. The van der Waals surface area contributed by atoms with Gasteiger partial charge in [-0.25, -0.2) is 21.5 Å². The number of hydrogen-bond donors (Lipinski definition) is 1. The number of sulfonamides is 1. The predicted octanol–water partition coefficient (Wildman–Crippen LogP) is 0.817. The molecule has 1 rings (SSSR count). The first-order valence-electron chi connectivity index (χ1n) is 6.06. The molecule has 1 fully saturated rings. The molecule has 0 aromatic carbocycles. The van der Waals surface area contributed by atoms with Crippen LogP contribution in [-0.2, 0) is 14.8 Å². The van der Waals surface area contributed by atoms with E-state index in [1.165, 1.54) is 11.2 Å². The molecule has 10 heteroatoms. The summed E-state index contributed by atoms with van der Waals surface area (Å²) in [5.74, 6) is -6.83. The van der Waals surface area contributed by atoms with Crippen LogP contribution in [0.25, 0.3) is 0 Å². The molecule has 1 saturated heterocycles. The fraction of sp³-hybridized carbons (Fsp3) is 0.900. The van der Waals surface area contributed by atoms with Crippen molar-refractivity contribution >= 4 is 15.9 Å². The summed E-state index contributed by atoms with van der Waals surface area (Å²) >= 11 is 0. The number of carbonyl (C=O) groups excluding carboxylic acids is 1. The van der Waals surface area contributed by atoms with E-state index < -0.39 is 34.3 Å². The molecule has 0 spiro atoms. The SMILES string of the molecule is CCS(=O)(=O)N1CCC(NC(=O)C(F)(F)C(F)F)CC1. The lowest BCUT2D eigenvalue weighted by Gasteiger charge is -2.32. The largest absolute Gasteiger partial charge is 0.383 e. The van der Waals surface area contributed by atoms with Crippen LogP contribution >= 0.6 is 0 Å². The number of piperidine rings is 1. The van der Waals surface area contributed by atoms with Crippen molar-refractivity contribution in [3.8, 4) is 0 Å². The first kappa shape index (κ1) is 17.2. The van der Waals surface area contributed by atoms with Gasteiger partial charge in [-0.3, -0.25) is 4.79 Å². The lowest BCUT2D eigenvalue weighted by Crippen LogP contribution is -2.52. The van der Waals surface area contributed by atoms with E-state index in [2.05, 4.69) is 0 Å². The van der Waals surface area contributed by atoms with Crippen molar-refractivity contribution in [2.75, 3.05) is 18.8 Å². The highest BCUT2D eigenvalue weighted by molar-refractivity contribution is 7.89. The molecule has 1 aliphatic heterocycles. The van der Waals surface area contributed by atoms with E-state index in [4.69, 9.17) is 0 Å². The van der Waals surface area contributed by atoms with Crippen molar-refractivity contribution in [2.24, 2.45) is 0 Å². The zero-order valence-corrected chi connectivity index (χ0v) is 11.6. The number of halogens is 4. The Hall–Kier alpha value is -0.900. The summed E-state index contributed by atoms with van der Waals surface area (Å²) in [5, 5.41) is 1.84. The average Bonchev–Trinajstić information content (AvgIpc) is 2.39. The third-order valence-corrected chi connectivity index (χ3v) is 5.01. The molecule has 118 valence electrons. The van der Waals surface area contributed by atoms with E-state index in [1.807, 2.05) is 5.32 Å². The molecule has 20 heavy (non-hydrogen) atoms. The fourth-order valence-corrected chi connectivity index (χ4v) is 2.97. The Morgan fingerprint density at radius 1 is 1.35 bits per heavy atom. The fourth-order valence-electron chi connectivity index (χ4n) is 1.84. The predicted molar refractivity (Wildman–Crippen MR) is 63.1 cm³/mol. The molecular weight excluding hydrogens is 304 g/mol. The Bertz CT molecular complexity index is 447. The highest BCUT2D eigenvalue weighted by Crippen LogP contribution is 2.24.